The number of nitrogens with zero attached hydrogens (tertiary/aromatic N) is 1. The first-order valence-electron chi connectivity index (χ1n) is 6.93. The number of nitrogen functional groups attached to an aromatic ring is 1. The molecule has 1 saturated heterocycles. The molecule has 1 aliphatic rings. The van der Waals surface area contributed by atoms with Gasteiger partial charge in [0.1, 0.15) is 0 Å². The highest BCUT2D eigenvalue weighted by atomic mass is 16.5. The summed E-state index contributed by atoms with van der Waals surface area (Å²) in [6.07, 6.45) is 3.80. The molecule has 0 aromatic heterocycles. The molecule has 1 aromatic carbocycles. The Bertz CT molecular complexity index is 392. The van der Waals surface area contributed by atoms with Gasteiger partial charge in [0.15, 0.2) is 0 Å². The van der Waals surface area contributed by atoms with Crippen LogP contribution in [0.25, 0.3) is 0 Å². The lowest BCUT2D eigenvalue weighted by atomic mass is 10.1. The molecule has 1 atom stereocenters. The van der Waals surface area contributed by atoms with Crippen LogP contribution in [0.4, 0.5) is 11.4 Å². The molecular formula is C15H24N2O. The Morgan fingerprint density at radius 3 is 3.00 bits per heavy atom. The van der Waals surface area contributed by atoms with E-state index in [-0.39, 0.29) is 0 Å². The predicted octanol–water partition coefficient (Wildman–Crippen LogP) is 2.97. The van der Waals surface area contributed by atoms with Gasteiger partial charge in [0.05, 0.1) is 17.5 Å². The average molecular weight is 248 g/mol. The van der Waals surface area contributed by atoms with Crippen molar-refractivity contribution in [1.82, 2.24) is 0 Å². The Kier molecular flexibility index (Phi) is 4.48. The predicted molar refractivity (Wildman–Crippen MR) is 77.1 cm³/mol. The van der Waals surface area contributed by atoms with Gasteiger partial charge in [-0.2, -0.15) is 0 Å². The second kappa shape index (κ2) is 6.10. The zero-order valence-electron chi connectivity index (χ0n) is 11.5. The summed E-state index contributed by atoms with van der Waals surface area (Å²) in [5.41, 5.74) is 9.37. The average Bonchev–Trinajstić information content (AvgIpc) is 2.36. The Balaban J connectivity index is 2.03. The maximum Gasteiger partial charge on any atom is 0.0750 e. The van der Waals surface area contributed by atoms with E-state index in [1.807, 2.05) is 6.07 Å². The summed E-state index contributed by atoms with van der Waals surface area (Å²) in [5.74, 6) is 0. The molecule has 0 aliphatic carbocycles. The highest BCUT2D eigenvalue weighted by Gasteiger charge is 2.21. The highest BCUT2D eigenvalue weighted by molar-refractivity contribution is 5.68. The van der Waals surface area contributed by atoms with Gasteiger partial charge in [-0.25, -0.2) is 0 Å². The number of aryl methyl sites for hydroxylation is 1. The fourth-order valence-corrected chi connectivity index (χ4v) is 2.54. The topological polar surface area (TPSA) is 38.5 Å². The lowest BCUT2D eigenvalue weighted by Crippen LogP contribution is -2.40. The number of anilines is 2. The Hall–Kier alpha value is -1.22. The SMILES string of the molecule is CCCOC1CCCN(c2ccc(C)cc2N)C1. The van der Waals surface area contributed by atoms with Gasteiger partial charge < -0.3 is 15.4 Å². The Morgan fingerprint density at radius 2 is 2.28 bits per heavy atom. The summed E-state index contributed by atoms with van der Waals surface area (Å²) in [4.78, 5) is 2.36. The van der Waals surface area contributed by atoms with Crippen molar-refractivity contribution in [2.75, 3.05) is 30.3 Å². The Labute approximate surface area is 110 Å². The largest absolute Gasteiger partial charge is 0.397 e. The molecule has 0 spiro atoms. The van der Waals surface area contributed by atoms with Crippen LogP contribution in [0.2, 0.25) is 0 Å². The maximum absolute atomic E-state index is 6.12. The van der Waals surface area contributed by atoms with Crippen molar-refractivity contribution in [3.63, 3.8) is 0 Å². The number of piperidine rings is 1. The third-order valence-corrected chi connectivity index (χ3v) is 3.46. The molecule has 18 heavy (non-hydrogen) atoms. The summed E-state index contributed by atoms with van der Waals surface area (Å²) in [6.45, 7) is 7.14. The zero-order valence-corrected chi connectivity index (χ0v) is 11.5. The first kappa shape index (κ1) is 13.2. The van der Waals surface area contributed by atoms with Crippen LogP contribution in [0.5, 0.6) is 0 Å². The smallest absolute Gasteiger partial charge is 0.0750 e. The Morgan fingerprint density at radius 1 is 1.44 bits per heavy atom. The van der Waals surface area contributed by atoms with Crippen LogP contribution in [0.3, 0.4) is 0 Å². The fraction of sp³-hybridized carbons (Fsp3) is 0.600. The van der Waals surface area contributed by atoms with E-state index in [1.54, 1.807) is 0 Å². The number of nitrogens with two attached hydrogens (primary N) is 1. The first-order chi connectivity index (χ1) is 8.70. The van der Waals surface area contributed by atoms with Gasteiger partial charge in [0.25, 0.3) is 0 Å². The van der Waals surface area contributed by atoms with Gasteiger partial charge in [-0.1, -0.05) is 13.0 Å². The van der Waals surface area contributed by atoms with Crippen LogP contribution in [0.1, 0.15) is 31.7 Å². The number of hydrogen-bond acceptors (Lipinski definition) is 3. The number of benzene rings is 1. The van der Waals surface area contributed by atoms with E-state index in [2.05, 4.69) is 30.9 Å². The lowest BCUT2D eigenvalue weighted by molar-refractivity contribution is 0.0441. The van der Waals surface area contributed by atoms with E-state index in [9.17, 15) is 0 Å². The van der Waals surface area contributed by atoms with Crippen molar-refractivity contribution < 1.29 is 4.74 Å². The first-order valence-corrected chi connectivity index (χ1v) is 6.93. The van der Waals surface area contributed by atoms with E-state index in [0.29, 0.717) is 6.10 Å². The maximum atomic E-state index is 6.12. The van der Waals surface area contributed by atoms with Gasteiger partial charge in [-0.15, -0.1) is 0 Å². The van der Waals surface area contributed by atoms with E-state index in [4.69, 9.17) is 10.5 Å². The van der Waals surface area contributed by atoms with Gasteiger partial charge in [0.2, 0.25) is 0 Å². The van der Waals surface area contributed by atoms with Gasteiger partial charge in [-0.05, 0) is 43.9 Å². The molecule has 2 N–H and O–H groups in total. The van der Waals surface area contributed by atoms with Crippen molar-refractivity contribution in [3.8, 4) is 0 Å². The minimum atomic E-state index is 0.361. The quantitative estimate of drug-likeness (QED) is 0.833. The number of hydrogen-bond donors (Lipinski definition) is 1. The molecule has 1 fully saturated rings. The molecule has 3 heteroatoms. The van der Waals surface area contributed by atoms with Gasteiger partial charge >= 0.3 is 0 Å². The standard InChI is InChI=1S/C15H24N2O/c1-3-9-18-13-5-4-8-17(11-13)15-7-6-12(2)10-14(15)16/h6-7,10,13H,3-5,8-9,11,16H2,1-2H3. The van der Waals surface area contributed by atoms with Gasteiger partial charge in [-0.3, -0.25) is 0 Å². The van der Waals surface area contributed by atoms with Crippen LogP contribution in [-0.4, -0.2) is 25.8 Å². The highest BCUT2D eigenvalue weighted by Crippen LogP contribution is 2.27. The van der Waals surface area contributed by atoms with Crippen molar-refractivity contribution in [2.24, 2.45) is 0 Å². The second-order valence-corrected chi connectivity index (χ2v) is 5.14. The summed E-state index contributed by atoms with van der Waals surface area (Å²) in [5, 5.41) is 0. The monoisotopic (exact) mass is 248 g/mol. The van der Waals surface area contributed by atoms with Gasteiger partial charge in [0, 0.05) is 19.7 Å². The molecule has 3 nitrogen and oxygen atoms in total. The van der Waals surface area contributed by atoms with Crippen molar-refractivity contribution in [2.45, 2.75) is 39.2 Å². The normalized spacial score (nSPS) is 20.1. The molecule has 2 rings (SSSR count). The molecule has 1 aliphatic heterocycles. The van der Waals surface area contributed by atoms with Crippen LogP contribution >= 0.6 is 0 Å². The van der Waals surface area contributed by atoms with E-state index >= 15 is 0 Å². The van der Waals surface area contributed by atoms with Crippen molar-refractivity contribution in [1.29, 1.82) is 0 Å². The summed E-state index contributed by atoms with van der Waals surface area (Å²) in [6, 6.07) is 6.31. The summed E-state index contributed by atoms with van der Waals surface area (Å²) < 4.78 is 5.86. The zero-order chi connectivity index (χ0) is 13.0. The molecule has 0 radical (unpaired) electrons. The van der Waals surface area contributed by atoms with E-state index < -0.39 is 0 Å². The minimum Gasteiger partial charge on any atom is -0.397 e. The van der Waals surface area contributed by atoms with Crippen molar-refractivity contribution in [3.05, 3.63) is 23.8 Å². The molecule has 0 bridgehead atoms. The number of rotatable bonds is 4. The molecule has 0 amide bonds. The lowest BCUT2D eigenvalue weighted by Gasteiger charge is -2.35. The molecular weight excluding hydrogens is 224 g/mol. The second-order valence-electron chi connectivity index (χ2n) is 5.14. The number of ether oxygens (including phenoxy) is 1. The van der Waals surface area contributed by atoms with Crippen molar-refractivity contribution >= 4 is 11.4 Å². The molecule has 100 valence electrons. The van der Waals surface area contributed by atoms with Crippen LogP contribution in [-0.2, 0) is 4.74 Å². The molecule has 1 heterocycles. The fourth-order valence-electron chi connectivity index (χ4n) is 2.54. The molecule has 1 aromatic rings. The third kappa shape index (κ3) is 3.16. The van der Waals surface area contributed by atoms with Crippen LogP contribution in [0.15, 0.2) is 18.2 Å². The van der Waals surface area contributed by atoms with E-state index in [1.165, 1.54) is 18.4 Å². The molecule has 0 saturated carbocycles. The van der Waals surface area contributed by atoms with Crippen LogP contribution in [0, 0.1) is 6.92 Å². The van der Waals surface area contributed by atoms with E-state index in [0.717, 1.165) is 37.5 Å². The molecule has 1 unspecified atom stereocenters. The summed E-state index contributed by atoms with van der Waals surface area (Å²) >= 11 is 0. The minimum absolute atomic E-state index is 0.361. The van der Waals surface area contributed by atoms with Crippen LogP contribution < -0.4 is 10.6 Å². The third-order valence-electron chi connectivity index (χ3n) is 3.46. The summed E-state index contributed by atoms with van der Waals surface area (Å²) in [7, 11) is 0.